The molecule has 0 aromatic carbocycles. The molecule has 1 aliphatic rings. The van der Waals surface area contributed by atoms with Gasteiger partial charge in [-0.1, -0.05) is 0 Å². The highest BCUT2D eigenvalue weighted by atomic mass is 16.4. The van der Waals surface area contributed by atoms with Crippen molar-refractivity contribution in [3.05, 3.63) is 0 Å². The number of amides is 1. The van der Waals surface area contributed by atoms with E-state index in [2.05, 4.69) is 5.32 Å². The van der Waals surface area contributed by atoms with Crippen LogP contribution in [0, 0.1) is 0 Å². The van der Waals surface area contributed by atoms with E-state index >= 15 is 0 Å². The zero-order valence-corrected chi connectivity index (χ0v) is 21.2. The number of carboxylic acid groups (broad SMARTS) is 3. The lowest BCUT2D eigenvalue weighted by Gasteiger charge is -2.35. The topological polar surface area (TPSA) is 191 Å². The van der Waals surface area contributed by atoms with Crippen molar-refractivity contribution in [3.63, 3.8) is 0 Å². The lowest BCUT2D eigenvalue weighted by Crippen LogP contribution is -2.51. The molecule has 1 rings (SSSR count). The summed E-state index contributed by atoms with van der Waals surface area (Å²) in [4.78, 5) is 64.5. The second-order valence-electron chi connectivity index (χ2n) is 8.19. The fraction of sp³-hybridized carbons (Fsp3) is 0.773. The zero-order valence-electron chi connectivity index (χ0n) is 21.2. The predicted octanol–water partition coefficient (Wildman–Crippen LogP) is -2.45. The van der Waals surface area contributed by atoms with Crippen molar-refractivity contribution in [2.24, 2.45) is 0 Å². The Hall–Kier alpha value is -2.65. The van der Waals surface area contributed by atoms with Gasteiger partial charge in [0.2, 0.25) is 5.91 Å². The summed E-state index contributed by atoms with van der Waals surface area (Å²) in [6, 6.07) is -0.946. The number of hydrogen-bond donors (Lipinski definition) is 5. The molecule has 0 radical (unpaired) electrons. The number of carboxylic acids is 3. The van der Waals surface area contributed by atoms with Crippen LogP contribution in [0.1, 0.15) is 19.8 Å². The van der Waals surface area contributed by atoms with Crippen LogP contribution in [0.2, 0.25) is 0 Å². The lowest BCUT2D eigenvalue weighted by molar-refractivity contribution is -0.144. The van der Waals surface area contributed by atoms with Crippen LogP contribution < -0.4 is 5.32 Å². The lowest BCUT2D eigenvalue weighted by atomic mass is 10.1. The summed E-state index contributed by atoms with van der Waals surface area (Å²) in [6.45, 7) is 4.40. The minimum absolute atomic E-state index is 0.0440. The largest absolute Gasteiger partial charge is 0.480 e. The molecule has 36 heavy (non-hydrogen) atoms. The molecule has 1 amide bonds. The highest BCUT2D eigenvalue weighted by Gasteiger charge is 2.28. The van der Waals surface area contributed by atoms with Gasteiger partial charge in [-0.15, -0.1) is 0 Å². The maximum absolute atomic E-state index is 12.0. The number of aldehydes is 1. The standard InChI is InChI=1S/C21H37N5O8.CH4O/c1-2-22-18(28)4-3-17(21(33)34)26-11-9-23(13-14-27)5-6-24(15-19(29)30)7-8-25(10-12-26)16-20(31)32;1-2/h14,17H,2-13,15-16H2,1H3,(H,22,28)(H,29,30)(H,31,32)(H,33,34);2H,1H3. The zero-order chi connectivity index (χ0) is 27.5. The third-order valence-electron chi connectivity index (χ3n) is 5.67. The molecular formula is C22H41N5O9. The molecule has 1 aliphatic heterocycles. The Balaban J connectivity index is 0.00000596. The molecule has 208 valence electrons. The van der Waals surface area contributed by atoms with Crippen LogP contribution in [0.5, 0.6) is 0 Å². The van der Waals surface area contributed by atoms with Crippen LogP contribution in [0.25, 0.3) is 0 Å². The Labute approximate surface area is 211 Å². The molecule has 0 saturated carbocycles. The van der Waals surface area contributed by atoms with Gasteiger partial charge >= 0.3 is 17.9 Å². The monoisotopic (exact) mass is 519 g/mol. The third kappa shape index (κ3) is 14.7. The Bertz CT molecular complexity index is 695. The molecule has 0 spiro atoms. The first kappa shape index (κ1) is 33.4. The number of aliphatic hydroxyl groups excluding tert-OH is 1. The van der Waals surface area contributed by atoms with Crippen LogP contribution in [-0.2, 0) is 24.0 Å². The average Bonchev–Trinajstić information content (AvgIpc) is 2.81. The van der Waals surface area contributed by atoms with Crippen molar-refractivity contribution in [2.75, 3.05) is 85.6 Å². The Morgan fingerprint density at radius 3 is 1.67 bits per heavy atom. The summed E-state index contributed by atoms with van der Waals surface area (Å²) >= 11 is 0. The van der Waals surface area contributed by atoms with Crippen LogP contribution in [-0.4, -0.2) is 162 Å². The number of nitrogens with zero attached hydrogens (tertiary/aromatic N) is 4. The van der Waals surface area contributed by atoms with E-state index in [9.17, 15) is 39.3 Å². The average molecular weight is 520 g/mol. The number of aliphatic hydroxyl groups is 1. The number of rotatable bonds is 12. The molecule has 1 saturated heterocycles. The van der Waals surface area contributed by atoms with Crippen molar-refractivity contribution in [1.82, 2.24) is 24.9 Å². The van der Waals surface area contributed by atoms with Gasteiger partial charge in [0.25, 0.3) is 0 Å². The van der Waals surface area contributed by atoms with Crippen molar-refractivity contribution >= 4 is 30.1 Å². The Kier molecular flexibility index (Phi) is 18.1. The second kappa shape index (κ2) is 19.5. The molecule has 0 bridgehead atoms. The van der Waals surface area contributed by atoms with Gasteiger partial charge in [-0.25, -0.2) is 0 Å². The molecule has 1 atom stereocenters. The van der Waals surface area contributed by atoms with Gasteiger partial charge in [0, 0.05) is 72.4 Å². The molecule has 5 N–H and O–H groups in total. The van der Waals surface area contributed by atoms with Gasteiger partial charge in [0.15, 0.2) is 0 Å². The van der Waals surface area contributed by atoms with Crippen molar-refractivity contribution in [1.29, 1.82) is 0 Å². The summed E-state index contributed by atoms with van der Waals surface area (Å²) in [5.74, 6) is -3.35. The van der Waals surface area contributed by atoms with E-state index in [1.165, 1.54) is 0 Å². The van der Waals surface area contributed by atoms with Gasteiger partial charge in [0.1, 0.15) is 12.3 Å². The van der Waals surface area contributed by atoms with Crippen LogP contribution in [0.3, 0.4) is 0 Å². The van der Waals surface area contributed by atoms with E-state index in [0.717, 1.165) is 13.4 Å². The van der Waals surface area contributed by atoms with Crippen molar-refractivity contribution < 1.29 is 44.4 Å². The number of nitrogens with one attached hydrogen (secondary N) is 1. The van der Waals surface area contributed by atoms with Crippen molar-refractivity contribution in [2.45, 2.75) is 25.8 Å². The molecule has 0 aromatic heterocycles. The smallest absolute Gasteiger partial charge is 0.320 e. The third-order valence-corrected chi connectivity index (χ3v) is 5.67. The maximum atomic E-state index is 12.0. The molecule has 0 aliphatic carbocycles. The molecule has 1 unspecified atom stereocenters. The van der Waals surface area contributed by atoms with Crippen LogP contribution in [0.4, 0.5) is 0 Å². The first-order chi connectivity index (χ1) is 17.2. The van der Waals surface area contributed by atoms with Gasteiger partial charge in [-0.2, -0.15) is 0 Å². The maximum Gasteiger partial charge on any atom is 0.320 e. The molecular weight excluding hydrogens is 478 g/mol. The van der Waals surface area contributed by atoms with E-state index < -0.39 is 23.9 Å². The Morgan fingerprint density at radius 2 is 1.25 bits per heavy atom. The summed E-state index contributed by atoms with van der Waals surface area (Å²) in [5.41, 5.74) is 0. The van der Waals surface area contributed by atoms with Gasteiger partial charge in [-0.05, 0) is 13.3 Å². The summed E-state index contributed by atoms with van der Waals surface area (Å²) < 4.78 is 0. The van der Waals surface area contributed by atoms with Gasteiger partial charge in [0.05, 0.1) is 19.6 Å². The van der Waals surface area contributed by atoms with E-state index in [0.29, 0.717) is 39.3 Å². The molecule has 14 heteroatoms. The number of carbonyl (C=O) groups excluding carboxylic acids is 2. The second-order valence-corrected chi connectivity index (χ2v) is 8.19. The number of carbonyl (C=O) groups is 5. The molecule has 0 aromatic rings. The highest BCUT2D eigenvalue weighted by Crippen LogP contribution is 2.10. The summed E-state index contributed by atoms with van der Waals surface area (Å²) in [7, 11) is 1.00. The fourth-order valence-electron chi connectivity index (χ4n) is 3.87. The first-order valence-electron chi connectivity index (χ1n) is 11.9. The molecule has 14 nitrogen and oxygen atoms in total. The van der Waals surface area contributed by atoms with E-state index in [1.54, 1.807) is 21.6 Å². The normalized spacial score (nSPS) is 18.0. The van der Waals surface area contributed by atoms with Gasteiger partial charge < -0.3 is 30.5 Å². The Morgan fingerprint density at radius 1 is 0.806 bits per heavy atom. The summed E-state index contributed by atoms with van der Waals surface area (Å²) in [6.07, 6.45) is 0.888. The SMILES string of the molecule is CCNC(=O)CCC(C(=O)O)N1CCN(CC=O)CCN(CC(=O)O)CCN(CC(=O)O)CC1.CO. The summed E-state index contributed by atoms with van der Waals surface area (Å²) in [5, 5.41) is 38.0. The van der Waals surface area contributed by atoms with E-state index in [1.807, 2.05) is 4.90 Å². The minimum atomic E-state index is -1.07. The fourth-order valence-corrected chi connectivity index (χ4v) is 3.87. The minimum Gasteiger partial charge on any atom is -0.480 e. The quantitative estimate of drug-likeness (QED) is 0.171. The number of hydrogen-bond acceptors (Lipinski definition) is 10. The highest BCUT2D eigenvalue weighted by molar-refractivity contribution is 5.78. The van der Waals surface area contributed by atoms with Crippen molar-refractivity contribution in [3.8, 4) is 0 Å². The van der Waals surface area contributed by atoms with Gasteiger partial charge in [-0.3, -0.25) is 38.8 Å². The van der Waals surface area contributed by atoms with E-state index in [-0.39, 0.29) is 58.0 Å². The first-order valence-corrected chi connectivity index (χ1v) is 11.9. The molecule has 1 heterocycles. The van der Waals surface area contributed by atoms with E-state index in [4.69, 9.17) is 5.11 Å². The molecule has 1 fully saturated rings. The van der Waals surface area contributed by atoms with Crippen LogP contribution >= 0.6 is 0 Å². The predicted molar refractivity (Wildman–Crippen MR) is 130 cm³/mol. The van der Waals surface area contributed by atoms with Crippen LogP contribution in [0.15, 0.2) is 0 Å². The number of aliphatic carboxylic acids is 3.